The van der Waals surface area contributed by atoms with Gasteiger partial charge in [0.2, 0.25) is 0 Å². The van der Waals surface area contributed by atoms with Gasteiger partial charge in [-0.1, -0.05) is 23.7 Å². The molecule has 0 aliphatic rings. The van der Waals surface area contributed by atoms with Crippen molar-refractivity contribution in [1.29, 1.82) is 0 Å². The smallest absolute Gasteiger partial charge is 0.137 e. The summed E-state index contributed by atoms with van der Waals surface area (Å²) in [5, 5.41) is 9.32. The molecule has 1 atom stereocenters. The Morgan fingerprint density at radius 3 is 2.68 bits per heavy atom. The van der Waals surface area contributed by atoms with E-state index in [-0.39, 0.29) is 6.04 Å². The highest BCUT2D eigenvalue weighted by Gasteiger charge is 2.10. The van der Waals surface area contributed by atoms with Gasteiger partial charge < -0.3 is 5.32 Å². The molecule has 0 amide bonds. The highest BCUT2D eigenvalue weighted by molar-refractivity contribution is 6.31. The number of rotatable bonds is 4. The molecule has 0 spiro atoms. The summed E-state index contributed by atoms with van der Waals surface area (Å²) in [7, 11) is 0. The van der Waals surface area contributed by atoms with E-state index in [1.807, 2.05) is 35.1 Å². The van der Waals surface area contributed by atoms with E-state index in [2.05, 4.69) is 51.6 Å². The number of hydrogen-bond donors (Lipinski definition) is 1. The van der Waals surface area contributed by atoms with Crippen LogP contribution in [0.5, 0.6) is 0 Å². The average Bonchev–Trinajstić information content (AvgIpc) is 3.16. The Morgan fingerprint density at radius 1 is 1.08 bits per heavy atom. The van der Waals surface area contributed by atoms with Crippen molar-refractivity contribution in [3.05, 3.63) is 77.8 Å². The summed E-state index contributed by atoms with van der Waals surface area (Å²) < 4.78 is 1.84. The van der Waals surface area contributed by atoms with E-state index < -0.39 is 0 Å². The first-order valence-electron chi connectivity index (χ1n) is 7.97. The van der Waals surface area contributed by atoms with Gasteiger partial charge in [0, 0.05) is 28.8 Å². The molecule has 25 heavy (non-hydrogen) atoms. The van der Waals surface area contributed by atoms with E-state index in [4.69, 9.17) is 11.6 Å². The number of fused-ring (bicyclic) bond motifs is 1. The summed E-state index contributed by atoms with van der Waals surface area (Å²) in [5.74, 6) is 0.797. The van der Waals surface area contributed by atoms with Gasteiger partial charge in [0.1, 0.15) is 12.1 Å². The Labute approximate surface area is 150 Å². The Morgan fingerprint density at radius 2 is 1.92 bits per heavy atom. The van der Waals surface area contributed by atoms with Crippen LogP contribution in [0.1, 0.15) is 18.5 Å². The quantitative estimate of drug-likeness (QED) is 0.583. The predicted molar refractivity (Wildman–Crippen MR) is 100 cm³/mol. The van der Waals surface area contributed by atoms with E-state index in [1.165, 1.54) is 0 Å². The van der Waals surface area contributed by atoms with Gasteiger partial charge in [0.05, 0.1) is 11.2 Å². The fourth-order valence-electron chi connectivity index (χ4n) is 2.77. The number of anilines is 1. The summed E-state index contributed by atoms with van der Waals surface area (Å²) in [6, 6.07) is 15.9. The van der Waals surface area contributed by atoms with Crippen LogP contribution in [0.15, 0.2) is 67.3 Å². The molecule has 6 heteroatoms. The van der Waals surface area contributed by atoms with Crippen LogP contribution < -0.4 is 5.32 Å². The molecule has 2 aromatic heterocycles. The highest BCUT2D eigenvalue weighted by atomic mass is 35.5. The second kappa shape index (κ2) is 6.53. The SMILES string of the molecule is CC(Nc1ncnc2cc(Cl)ccc12)c1ccc(-n2cccn2)cc1. The van der Waals surface area contributed by atoms with E-state index in [0.717, 1.165) is 28.0 Å². The molecule has 5 nitrogen and oxygen atoms in total. The number of nitrogens with zero attached hydrogens (tertiary/aromatic N) is 4. The molecule has 4 rings (SSSR count). The molecular weight excluding hydrogens is 334 g/mol. The molecule has 0 saturated heterocycles. The minimum Gasteiger partial charge on any atom is -0.363 e. The second-order valence-electron chi connectivity index (χ2n) is 5.79. The predicted octanol–water partition coefficient (Wildman–Crippen LogP) is 4.64. The molecule has 4 aromatic rings. The van der Waals surface area contributed by atoms with Crippen molar-refractivity contribution in [1.82, 2.24) is 19.7 Å². The lowest BCUT2D eigenvalue weighted by Crippen LogP contribution is -2.09. The summed E-state index contributed by atoms with van der Waals surface area (Å²) in [6.07, 6.45) is 5.24. The average molecular weight is 350 g/mol. The Kier molecular flexibility index (Phi) is 4.07. The first kappa shape index (κ1) is 15.6. The van der Waals surface area contributed by atoms with Crippen molar-refractivity contribution in [2.45, 2.75) is 13.0 Å². The van der Waals surface area contributed by atoms with Crippen LogP contribution in [-0.4, -0.2) is 19.7 Å². The Bertz CT molecular complexity index is 996. The van der Waals surface area contributed by atoms with Crippen molar-refractivity contribution in [2.75, 3.05) is 5.32 Å². The number of aromatic nitrogens is 4. The zero-order chi connectivity index (χ0) is 17.2. The van der Waals surface area contributed by atoms with Crippen LogP contribution in [0.25, 0.3) is 16.6 Å². The maximum absolute atomic E-state index is 6.04. The lowest BCUT2D eigenvalue weighted by Gasteiger charge is -2.16. The second-order valence-corrected chi connectivity index (χ2v) is 6.23. The van der Waals surface area contributed by atoms with Gasteiger partial charge in [-0.2, -0.15) is 5.10 Å². The van der Waals surface area contributed by atoms with Crippen LogP contribution >= 0.6 is 11.6 Å². The minimum absolute atomic E-state index is 0.0976. The van der Waals surface area contributed by atoms with Gasteiger partial charge in [-0.05, 0) is 48.9 Å². The van der Waals surface area contributed by atoms with Crippen LogP contribution in [0.4, 0.5) is 5.82 Å². The Hall–Kier alpha value is -2.92. The summed E-state index contributed by atoms with van der Waals surface area (Å²) in [4.78, 5) is 8.66. The van der Waals surface area contributed by atoms with Crippen molar-refractivity contribution in [3.8, 4) is 5.69 Å². The molecule has 1 unspecified atom stereocenters. The third-order valence-corrected chi connectivity index (χ3v) is 4.35. The van der Waals surface area contributed by atoms with Crippen molar-refractivity contribution >= 4 is 28.3 Å². The monoisotopic (exact) mass is 349 g/mol. The lowest BCUT2D eigenvalue weighted by molar-refractivity contribution is 0.859. The minimum atomic E-state index is 0.0976. The Balaban J connectivity index is 1.59. The normalized spacial score (nSPS) is 12.2. The molecule has 124 valence electrons. The molecule has 0 radical (unpaired) electrons. The molecule has 0 fully saturated rings. The lowest BCUT2D eigenvalue weighted by atomic mass is 10.1. The van der Waals surface area contributed by atoms with E-state index in [0.29, 0.717) is 5.02 Å². The van der Waals surface area contributed by atoms with Gasteiger partial charge in [-0.25, -0.2) is 14.6 Å². The van der Waals surface area contributed by atoms with Gasteiger partial charge in [-0.15, -0.1) is 0 Å². The summed E-state index contributed by atoms with van der Waals surface area (Å²) in [5.41, 5.74) is 3.02. The van der Waals surface area contributed by atoms with Gasteiger partial charge >= 0.3 is 0 Å². The van der Waals surface area contributed by atoms with E-state index >= 15 is 0 Å². The molecule has 2 aromatic carbocycles. The topological polar surface area (TPSA) is 55.6 Å². The maximum Gasteiger partial charge on any atom is 0.137 e. The van der Waals surface area contributed by atoms with E-state index in [9.17, 15) is 0 Å². The summed E-state index contributed by atoms with van der Waals surface area (Å²) >= 11 is 6.04. The largest absolute Gasteiger partial charge is 0.363 e. The standard InChI is InChI=1S/C19H16ClN5/c1-13(14-3-6-16(7-4-14)25-10-2-9-23-25)24-19-17-8-5-15(20)11-18(17)21-12-22-19/h2-13H,1H3,(H,21,22,24). The zero-order valence-electron chi connectivity index (χ0n) is 13.6. The van der Waals surface area contributed by atoms with Crippen LogP contribution in [0.3, 0.4) is 0 Å². The fourth-order valence-corrected chi connectivity index (χ4v) is 2.94. The highest BCUT2D eigenvalue weighted by Crippen LogP contribution is 2.26. The molecule has 0 saturated carbocycles. The molecule has 1 N–H and O–H groups in total. The number of hydrogen-bond acceptors (Lipinski definition) is 4. The molecule has 2 heterocycles. The van der Waals surface area contributed by atoms with Gasteiger partial charge in [0.15, 0.2) is 0 Å². The van der Waals surface area contributed by atoms with Crippen molar-refractivity contribution in [2.24, 2.45) is 0 Å². The third kappa shape index (κ3) is 3.19. The molecule has 0 bridgehead atoms. The van der Waals surface area contributed by atoms with E-state index in [1.54, 1.807) is 12.5 Å². The van der Waals surface area contributed by atoms with Crippen LogP contribution in [0.2, 0.25) is 5.02 Å². The molecular formula is C19H16ClN5. The van der Waals surface area contributed by atoms with Gasteiger partial charge in [-0.3, -0.25) is 0 Å². The van der Waals surface area contributed by atoms with Crippen molar-refractivity contribution in [3.63, 3.8) is 0 Å². The van der Waals surface area contributed by atoms with Crippen molar-refractivity contribution < 1.29 is 0 Å². The molecule has 0 aliphatic heterocycles. The number of halogens is 1. The zero-order valence-corrected chi connectivity index (χ0v) is 14.4. The third-order valence-electron chi connectivity index (χ3n) is 4.11. The van der Waals surface area contributed by atoms with Crippen LogP contribution in [-0.2, 0) is 0 Å². The maximum atomic E-state index is 6.04. The summed E-state index contributed by atoms with van der Waals surface area (Å²) in [6.45, 7) is 2.10. The van der Waals surface area contributed by atoms with Crippen LogP contribution in [0, 0.1) is 0 Å². The first-order valence-corrected chi connectivity index (χ1v) is 8.35. The van der Waals surface area contributed by atoms with Gasteiger partial charge in [0.25, 0.3) is 0 Å². The first-order chi connectivity index (χ1) is 12.2. The fraction of sp³-hybridized carbons (Fsp3) is 0.105. The molecule has 0 aliphatic carbocycles. The number of benzene rings is 2. The number of nitrogens with one attached hydrogen (secondary N) is 1.